The van der Waals surface area contributed by atoms with E-state index in [0.29, 0.717) is 12.4 Å². The molecule has 1 saturated heterocycles. The molecule has 1 heterocycles. The van der Waals surface area contributed by atoms with Crippen molar-refractivity contribution >= 4 is 17.8 Å². The topological polar surface area (TPSA) is 72.9 Å². The van der Waals surface area contributed by atoms with E-state index in [1.165, 1.54) is 0 Å². The van der Waals surface area contributed by atoms with Crippen LogP contribution in [0.1, 0.15) is 38.7 Å². The van der Waals surface area contributed by atoms with E-state index >= 15 is 0 Å². The lowest BCUT2D eigenvalue weighted by atomic mass is 9.97. The van der Waals surface area contributed by atoms with Crippen LogP contribution in [0.15, 0.2) is 24.3 Å². The predicted molar refractivity (Wildman–Crippen MR) is 82.9 cm³/mol. The molecular formula is C17H21NO5. The van der Waals surface area contributed by atoms with Gasteiger partial charge >= 0.3 is 5.97 Å². The molecule has 124 valence electrons. The lowest BCUT2D eigenvalue weighted by Crippen LogP contribution is -2.36. The van der Waals surface area contributed by atoms with Crippen LogP contribution in [-0.2, 0) is 19.1 Å². The van der Waals surface area contributed by atoms with Crippen molar-refractivity contribution in [2.24, 2.45) is 0 Å². The SMILES string of the molecule is CCOc1ccc(C2CC(=O)N(CC(=O)OC(C)C)C2=O)cc1. The lowest BCUT2D eigenvalue weighted by molar-refractivity contribution is -0.155. The Bertz CT molecular complexity index is 594. The molecule has 0 N–H and O–H groups in total. The monoisotopic (exact) mass is 319 g/mol. The highest BCUT2D eigenvalue weighted by Crippen LogP contribution is 2.30. The number of rotatable bonds is 6. The van der Waals surface area contributed by atoms with Crippen LogP contribution < -0.4 is 4.74 Å². The molecule has 6 nitrogen and oxygen atoms in total. The molecule has 1 aliphatic heterocycles. The second kappa shape index (κ2) is 7.26. The summed E-state index contributed by atoms with van der Waals surface area (Å²) in [5, 5.41) is 0. The maximum absolute atomic E-state index is 12.4. The van der Waals surface area contributed by atoms with Gasteiger partial charge < -0.3 is 9.47 Å². The van der Waals surface area contributed by atoms with E-state index < -0.39 is 11.9 Å². The number of imide groups is 1. The number of likely N-dealkylation sites (tertiary alicyclic amines) is 1. The zero-order valence-corrected chi connectivity index (χ0v) is 13.6. The van der Waals surface area contributed by atoms with Gasteiger partial charge in [0.25, 0.3) is 0 Å². The zero-order valence-electron chi connectivity index (χ0n) is 13.6. The third-order valence-corrected chi connectivity index (χ3v) is 3.49. The maximum Gasteiger partial charge on any atom is 0.326 e. The Kier molecular flexibility index (Phi) is 5.36. The summed E-state index contributed by atoms with van der Waals surface area (Å²) >= 11 is 0. The highest BCUT2D eigenvalue weighted by atomic mass is 16.5. The molecular weight excluding hydrogens is 298 g/mol. The molecule has 2 rings (SSSR count). The van der Waals surface area contributed by atoms with Crippen LogP contribution in [0.4, 0.5) is 0 Å². The summed E-state index contributed by atoms with van der Waals surface area (Å²) < 4.78 is 10.3. The summed E-state index contributed by atoms with van der Waals surface area (Å²) in [4.78, 5) is 37.1. The summed E-state index contributed by atoms with van der Waals surface area (Å²) in [5.74, 6) is -1.13. The van der Waals surface area contributed by atoms with E-state index in [1.54, 1.807) is 38.1 Å². The highest BCUT2D eigenvalue weighted by molar-refractivity contribution is 6.07. The second-order valence-corrected chi connectivity index (χ2v) is 5.62. The van der Waals surface area contributed by atoms with Crippen LogP contribution in [0.2, 0.25) is 0 Å². The van der Waals surface area contributed by atoms with Gasteiger partial charge in [-0.2, -0.15) is 0 Å². The minimum Gasteiger partial charge on any atom is -0.494 e. The smallest absolute Gasteiger partial charge is 0.326 e. The number of hydrogen-bond acceptors (Lipinski definition) is 5. The van der Waals surface area contributed by atoms with Gasteiger partial charge in [0.1, 0.15) is 12.3 Å². The van der Waals surface area contributed by atoms with Gasteiger partial charge in [0.05, 0.1) is 18.6 Å². The second-order valence-electron chi connectivity index (χ2n) is 5.62. The number of esters is 1. The minimum atomic E-state index is -0.575. The van der Waals surface area contributed by atoms with Crippen LogP contribution in [0.5, 0.6) is 5.75 Å². The van der Waals surface area contributed by atoms with Crippen LogP contribution in [0.25, 0.3) is 0 Å². The van der Waals surface area contributed by atoms with Crippen molar-refractivity contribution in [1.29, 1.82) is 0 Å². The molecule has 2 amide bonds. The molecule has 0 bridgehead atoms. The van der Waals surface area contributed by atoms with Crippen LogP contribution in [-0.4, -0.2) is 41.9 Å². The molecule has 1 atom stereocenters. The first-order chi connectivity index (χ1) is 10.9. The van der Waals surface area contributed by atoms with Gasteiger partial charge in [0.2, 0.25) is 11.8 Å². The summed E-state index contributed by atoms with van der Waals surface area (Å²) in [6.07, 6.45) is -0.209. The van der Waals surface area contributed by atoms with E-state index in [-0.39, 0.29) is 30.9 Å². The van der Waals surface area contributed by atoms with Crippen molar-refractivity contribution in [2.75, 3.05) is 13.2 Å². The van der Waals surface area contributed by atoms with Crippen molar-refractivity contribution in [1.82, 2.24) is 4.90 Å². The Morgan fingerprint density at radius 2 is 1.91 bits per heavy atom. The van der Waals surface area contributed by atoms with Crippen molar-refractivity contribution < 1.29 is 23.9 Å². The van der Waals surface area contributed by atoms with Crippen molar-refractivity contribution in [3.05, 3.63) is 29.8 Å². The number of amides is 2. The standard InChI is InChI=1S/C17H21NO5/c1-4-22-13-7-5-12(6-8-13)14-9-15(19)18(17(14)21)10-16(20)23-11(2)3/h5-8,11,14H,4,9-10H2,1-3H3. The molecule has 1 aliphatic rings. The zero-order chi connectivity index (χ0) is 17.0. The van der Waals surface area contributed by atoms with Crippen LogP contribution >= 0.6 is 0 Å². The number of carbonyl (C=O) groups excluding carboxylic acids is 3. The number of hydrogen-bond donors (Lipinski definition) is 0. The first-order valence-electron chi connectivity index (χ1n) is 7.68. The maximum atomic E-state index is 12.4. The Labute approximate surface area is 135 Å². The van der Waals surface area contributed by atoms with Gasteiger partial charge in [-0.15, -0.1) is 0 Å². The summed E-state index contributed by atoms with van der Waals surface area (Å²) in [5.41, 5.74) is 0.742. The molecule has 0 aromatic heterocycles. The number of ether oxygens (including phenoxy) is 2. The van der Waals surface area contributed by atoms with E-state index in [0.717, 1.165) is 10.5 Å². The quantitative estimate of drug-likeness (QED) is 0.591. The molecule has 1 fully saturated rings. The van der Waals surface area contributed by atoms with Gasteiger partial charge in [-0.3, -0.25) is 19.3 Å². The molecule has 1 aromatic carbocycles. The lowest BCUT2D eigenvalue weighted by Gasteiger charge is -2.15. The number of nitrogens with zero attached hydrogens (tertiary/aromatic N) is 1. The molecule has 0 saturated carbocycles. The predicted octanol–water partition coefficient (Wildman–Crippen LogP) is 1.88. The molecule has 1 unspecified atom stereocenters. The van der Waals surface area contributed by atoms with Crippen molar-refractivity contribution in [3.8, 4) is 5.75 Å². The molecule has 0 aliphatic carbocycles. The molecule has 23 heavy (non-hydrogen) atoms. The van der Waals surface area contributed by atoms with Gasteiger partial charge in [-0.05, 0) is 38.5 Å². The Hall–Kier alpha value is -2.37. The minimum absolute atomic E-state index is 0.0712. The third-order valence-electron chi connectivity index (χ3n) is 3.49. The van der Waals surface area contributed by atoms with Gasteiger partial charge in [0, 0.05) is 6.42 Å². The average molecular weight is 319 g/mol. The Morgan fingerprint density at radius 1 is 1.26 bits per heavy atom. The normalized spacial score (nSPS) is 17.7. The van der Waals surface area contributed by atoms with E-state index in [1.807, 2.05) is 6.92 Å². The van der Waals surface area contributed by atoms with Gasteiger partial charge in [-0.1, -0.05) is 12.1 Å². The van der Waals surface area contributed by atoms with Crippen LogP contribution in [0, 0.1) is 0 Å². The average Bonchev–Trinajstić information content (AvgIpc) is 2.76. The fraction of sp³-hybridized carbons (Fsp3) is 0.471. The van der Waals surface area contributed by atoms with Crippen LogP contribution in [0.3, 0.4) is 0 Å². The summed E-state index contributed by atoms with van der Waals surface area (Å²) in [6.45, 7) is 5.55. The fourth-order valence-electron chi connectivity index (χ4n) is 2.50. The third kappa shape index (κ3) is 4.09. The first-order valence-corrected chi connectivity index (χ1v) is 7.68. The first kappa shape index (κ1) is 17.0. The molecule has 0 radical (unpaired) electrons. The molecule has 1 aromatic rings. The van der Waals surface area contributed by atoms with Crippen molar-refractivity contribution in [2.45, 2.75) is 39.2 Å². The largest absolute Gasteiger partial charge is 0.494 e. The van der Waals surface area contributed by atoms with Gasteiger partial charge in [-0.25, -0.2) is 0 Å². The summed E-state index contributed by atoms with van der Waals surface area (Å²) in [7, 11) is 0. The Morgan fingerprint density at radius 3 is 2.48 bits per heavy atom. The Balaban J connectivity index is 2.07. The van der Waals surface area contributed by atoms with E-state index in [2.05, 4.69) is 0 Å². The number of carbonyl (C=O) groups is 3. The molecule has 6 heteroatoms. The summed E-state index contributed by atoms with van der Waals surface area (Å²) in [6, 6.07) is 7.09. The van der Waals surface area contributed by atoms with E-state index in [4.69, 9.17) is 9.47 Å². The van der Waals surface area contributed by atoms with Gasteiger partial charge in [0.15, 0.2) is 0 Å². The fourth-order valence-corrected chi connectivity index (χ4v) is 2.50. The van der Waals surface area contributed by atoms with Crippen molar-refractivity contribution in [3.63, 3.8) is 0 Å². The highest BCUT2D eigenvalue weighted by Gasteiger charge is 2.40. The van der Waals surface area contributed by atoms with E-state index in [9.17, 15) is 14.4 Å². The molecule has 0 spiro atoms. The number of benzene rings is 1.